The predicted molar refractivity (Wildman–Crippen MR) is 103 cm³/mol. The Morgan fingerprint density at radius 3 is 2.65 bits per heavy atom. The number of rotatable bonds is 6. The standard InChI is InChI=1S/C16H17Cl2N3O3S2/c1-10(22)20-15-19-9-14(25-15)26(23,24)21-16(5-2-6-16)8-11-3-4-12(17)7-13(11)18/h3-4,7,9,21H,2,5-6,8H2,1H3,(H,19,20,22). The van der Waals surface area contributed by atoms with E-state index in [1.54, 1.807) is 12.1 Å². The minimum absolute atomic E-state index is 0.0646. The molecule has 0 aliphatic heterocycles. The monoisotopic (exact) mass is 433 g/mol. The number of carbonyl (C=O) groups is 1. The summed E-state index contributed by atoms with van der Waals surface area (Å²) in [5, 5.41) is 3.80. The number of thiazole rings is 1. The van der Waals surface area contributed by atoms with Crippen molar-refractivity contribution >= 4 is 55.6 Å². The van der Waals surface area contributed by atoms with Crippen LogP contribution in [0.2, 0.25) is 10.0 Å². The third-order valence-electron chi connectivity index (χ3n) is 4.24. The van der Waals surface area contributed by atoms with Gasteiger partial charge in [0.05, 0.1) is 6.20 Å². The van der Waals surface area contributed by atoms with Crippen LogP contribution in [0.4, 0.5) is 5.13 Å². The molecule has 0 unspecified atom stereocenters. The molecule has 0 radical (unpaired) electrons. The van der Waals surface area contributed by atoms with Gasteiger partial charge in [-0.1, -0.05) is 40.6 Å². The minimum Gasteiger partial charge on any atom is -0.302 e. The van der Waals surface area contributed by atoms with Crippen molar-refractivity contribution in [2.24, 2.45) is 0 Å². The highest BCUT2D eigenvalue weighted by atomic mass is 35.5. The Labute approximate surface area is 166 Å². The first-order valence-electron chi connectivity index (χ1n) is 7.90. The van der Waals surface area contributed by atoms with Crippen LogP contribution < -0.4 is 10.0 Å². The number of benzene rings is 1. The van der Waals surface area contributed by atoms with E-state index in [1.807, 2.05) is 6.07 Å². The van der Waals surface area contributed by atoms with Gasteiger partial charge in [-0.3, -0.25) is 4.79 Å². The second-order valence-electron chi connectivity index (χ2n) is 6.32. The Hall–Kier alpha value is -1.19. The van der Waals surface area contributed by atoms with Crippen LogP contribution in [0, 0.1) is 0 Å². The van der Waals surface area contributed by atoms with Crippen LogP contribution in [-0.4, -0.2) is 24.8 Å². The number of aromatic nitrogens is 1. The Balaban J connectivity index is 1.80. The third kappa shape index (κ3) is 4.37. The van der Waals surface area contributed by atoms with E-state index in [0.29, 0.717) is 16.5 Å². The topological polar surface area (TPSA) is 88.2 Å². The van der Waals surface area contributed by atoms with Gasteiger partial charge in [-0.2, -0.15) is 0 Å². The number of nitrogens with one attached hydrogen (secondary N) is 2. The van der Waals surface area contributed by atoms with Crippen LogP contribution in [0.5, 0.6) is 0 Å². The van der Waals surface area contributed by atoms with E-state index < -0.39 is 15.6 Å². The van der Waals surface area contributed by atoms with E-state index in [9.17, 15) is 13.2 Å². The molecular formula is C16H17Cl2N3O3S2. The fourth-order valence-electron chi connectivity index (χ4n) is 2.88. The largest absolute Gasteiger partial charge is 0.302 e. The summed E-state index contributed by atoms with van der Waals surface area (Å²) in [5.74, 6) is -0.302. The normalized spacial score (nSPS) is 16.1. The van der Waals surface area contributed by atoms with Crippen molar-refractivity contribution in [3.8, 4) is 0 Å². The third-order valence-corrected chi connectivity index (χ3v) is 7.78. The first-order chi connectivity index (χ1) is 12.2. The number of hydrogen-bond donors (Lipinski definition) is 2. The Morgan fingerprint density at radius 1 is 1.35 bits per heavy atom. The maximum atomic E-state index is 12.8. The van der Waals surface area contributed by atoms with Gasteiger partial charge < -0.3 is 5.32 Å². The second-order valence-corrected chi connectivity index (χ2v) is 10.1. The van der Waals surface area contributed by atoms with Gasteiger partial charge in [0.2, 0.25) is 5.91 Å². The predicted octanol–water partition coefficient (Wildman–Crippen LogP) is 3.85. The summed E-state index contributed by atoms with van der Waals surface area (Å²) in [4.78, 5) is 15.0. The highest BCUT2D eigenvalue weighted by molar-refractivity contribution is 7.91. The summed E-state index contributed by atoms with van der Waals surface area (Å²) in [6.07, 6.45) is 4.12. The molecule has 1 aromatic carbocycles. The fourth-order valence-corrected chi connectivity index (χ4v) is 5.89. The van der Waals surface area contributed by atoms with Gasteiger partial charge >= 0.3 is 0 Å². The van der Waals surface area contributed by atoms with Gasteiger partial charge in [-0.05, 0) is 43.4 Å². The number of hydrogen-bond acceptors (Lipinski definition) is 5. The molecule has 2 N–H and O–H groups in total. The molecule has 0 atom stereocenters. The number of nitrogens with zero attached hydrogens (tertiary/aromatic N) is 1. The highest BCUT2D eigenvalue weighted by Gasteiger charge is 2.41. The molecular weight excluding hydrogens is 417 g/mol. The molecule has 0 spiro atoms. The van der Waals surface area contributed by atoms with Gasteiger partial charge in [0.15, 0.2) is 9.34 Å². The van der Waals surface area contributed by atoms with Crippen LogP contribution in [0.15, 0.2) is 28.6 Å². The van der Waals surface area contributed by atoms with Crippen LogP contribution >= 0.6 is 34.5 Å². The van der Waals surface area contributed by atoms with Crippen molar-refractivity contribution in [2.75, 3.05) is 5.32 Å². The highest BCUT2D eigenvalue weighted by Crippen LogP contribution is 2.39. The second kappa shape index (κ2) is 7.44. The average molecular weight is 434 g/mol. The van der Waals surface area contributed by atoms with E-state index in [-0.39, 0.29) is 15.2 Å². The van der Waals surface area contributed by atoms with Gasteiger partial charge in [-0.15, -0.1) is 0 Å². The zero-order chi connectivity index (χ0) is 18.9. The Bertz CT molecular complexity index is 940. The molecule has 1 aliphatic carbocycles. The van der Waals surface area contributed by atoms with E-state index in [2.05, 4.69) is 15.0 Å². The van der Waals surface area contributed by atoms with Crippen molar-refractivity contribution in [1.82, 2.24) is 9.71 Å². The SMILES string of the molecule is CC(=O)Nc1ncc(S(=O)(=O)NC2(Cc3ccc(Cl)cc3Cl)CCC2)s1. The van der Waals surface area contributed by atoms with Crippen molar-refractivity contribution in [3.05, 3.63) is 40.0 Å². The quantitative estimate of drug-likeness (QED) is 0.723. The maximum absolute atomic E-state index is 12.8. The van der Waals surface area contributed by atoms with Gasteiger partial charge in [-0.25, -0.2) is 18.1 Å². The molecule has 0 bridgehead atoms. The molecule has 6 nitrogen and oxygen atoms in total. The van der Waals surface area contributed by atoms with E-state index in [0.717, 1.165) is 36.2 Å². The Kier molecular flexibility index (Phi) is 5.60. The molecule has 10 heteroatoms. The zero-order valence-electron chi connectivity index (χ0n) is 13.9. The molecule has 1 aromatic heterocycles. The molecule has 1 aliphatic rings. The Morgan fingerprint density at radius 2 is 2.08 bits per heavy atom. The van der Waals surface area contributed by atoms with Crippen molar-refractivity contribution in [3.63, 3.8) is 0 Å². The van der Waals surface area contributed by atoms with Crippen molar-refractivity contribution in [2.45, 2.75) is 42.4 Å². The maximum Gasteiger partial charge on any atom is 0.252 e. The number of anilines is 1. The van der Waals surface area contributed by atoms with E-state index in [1.165, 1.54) is 13.1 Å². The van der Waals surface area contributed by atoms with Gasteiger partial charge in [0, 0.05) is 22.5 Å². The number of carbonyl (C=O) groups excluding carboxylic acids is 1. The summed E-state index contributed by atoms with van der Waals surface area (Å²) in [6.45, 7) is 1.34. The number of amides is 1. The molecule has 3 rings (SSSR count). The number of sulfonamides is 1. The summed E-state index contributed by atoms with van der Waals surface area (Å²) in [7, 11) is -3.75. The lowest BCUT2D eigenvalue weighted by Gasteiger charge is -2.42. The lowest BCUT2D eigenvalue weighted by Crippen LogP contribution is -2.54. The zero-order valence-corrected chi connectivity index (χ0v) is 17.0. The summed E-state index contributed by atoms with van der Waals surface area (Å²) in [6, 6.07) is 5.22. The summed E-state index contributed by atoms with van der Waals surface area (Å²) >= 11 is 13.1. The first-order valence-corrected chi connectivity index (χ1v) is 11.0. The summed E-state index contributed by atoms with van der Waals surface area (Å²) in [5.41, 5.74) is 0.274. The molecule has 1 fully saturated rings. The molecule has 1 heterocycles. The molecule has 2 aromatic rings. The average Bonchev–Trinajstić information content (AvgIpc) is 2.96. The molecule has 0 saturated heterocycles. The molecule has 26 heavy (non-hydrogen) atoms. The van der Waals surface area contributed by atoms with Crippen LogP contribution in [-0.2, 0) is 21.2 Å². The van der Waals surface area contributed by atoms with E-state index in [4.69, 9.17) is 23.2 Å². The van der Waals surface area contributed by atoms with Crippen molar-refractivity contribution < 1.29 is 13.2 Å². The first kappa shape index (κ1) is 19.6. The lowest BCUT2D eigenvalue weighted by molar-refractivity contribution is -0.114. The number of halogens is 2. The van der Waals surface area contributed by atoms with E-state index >= 15 is 0 Å². The molecule has 1 saturated carbocycles. The van der Waals surface area contributed by atoms with Gasteiger partial charge in [0.1, 0.15) is 0 Å². The van der Waals surface area contributed by atoms with Gasteiger partial charge in [0.25, 0.3) is 10.0 Å². The fraction of sp³-hybridized carbons (Fsp3) is 0.375. The lowest BCUT2D eigenvalue weighted by atomic mass is 9.74. The van der Waals surface area contributed by atoms with Crippen LogP contribution in [0.1, 0.15) is 31.7 Å². The van der Waals surface area contributed by atoms with Crippen molar-refractivity contribution in [1.29, 1.82) is 0 Å². The summed E-state index contributed by atoms with van der Waals surface area (Å²) < 4.78 is 28.4. The smallest absolute Gasteiger partial charge is 0.252 e. The molecule has 1 amide bonds. The molecule has 140 valence electrons. The minimum atomic E-state index is -3.75. The van der Waals surface area contributed by atoms with Crippen LogP contribution in [0.3, 0.4) is 0 Å². The van der Waals surface area contributed by atoms with Crippen LogP contribution in [0.25, 0.3) is 0 Å².